The molecular weight excluding hydrogens is 428 g/mol. The normalized spacial score (nSPS) is 32.1. The van der Waals surface area contributed by atoms with Gasteiger partial charge < -0.3 is 10.2 Å². The first-order valence-corrected chi connectivity index (χ1v) is 13.3. The van der Waals surface area contributed by atoms with Crippen molar-refractivity contribution in [3.8, 4) is 11.8 Å². The van der Waals surface area contributed by atoms with Gasteiger partial charge in [0.15, 0.2) is 5.88 Å². The highest BCUT2D eigenvalue weighted by Crippen LogP contribution is 2.62. The number of hydrogen-bond donors (Lipinski definition) is 2. The summed E-state index contributed by atoms with van der Waals surface area (Å²) < 4.78 is 1.68. The van der Waals surface area contributed by atoms with Gasteiger partial charge in [0, 0.05) is 36.9 Å². The number of unbranched alkanes of at least 4 members (excludes halogenated alkanes) is 4. The SMILES string of the molecule is CCCCCC/C=C/c1cc(O)n(CC2CC3C4CC(CN5C(=O)C=CC5=O)C(C4)C3C2)c1O. The fourth-order valence-corrected chi connectivity index (χ4v) is 7.54. The van der Waals surface area contributed by atoms with Gasteiger partial charge in [-0.05, 0) is 74.0 Å². The molecule has 0 radical (unpaired) electrons. The number of amides is 2. The number of carbonyl (C=O) groups excluding carboxylic acids is 2. The molecular formula is C28H38N2O4. The minimum atomic E-state index is -0.169. The number of rotatable bonds is 10. The monoisotopic (exact) mass is 466 g/mol. The highest BCUT2D eigenvalue weighted by atomic mass is 16.3. The molecule has 6 nitrogen and oxygen atoms in total. The van der Waals surface area contributed by atoms with Crippen molar-refractivity contribution in [2.24, 2.45) is 35.5 Å². The van der Waals surface area contributed by atoms with Crippen LogP contribution in [-0.2, 0) is 16.1 Å². The third kappa shape index (κ3) is 4.32. The van der Waals surface area contributed by atoms with Crippen LogP contribution >= 0.6 is 0 Å². The van der Waals surface area contributed by atoms with Crippen LogP contribution in [0.2, 0.25) is 0 Å². The van der Waals surface area contributed by atoms with Crippen molar-refractivity contribution in [1.82, 2.24) is 9.47 Å². The molecule has 0 spiro atoms. The van der Waals surface area contributed by atoms with Crippen molar-refractivity contribution in [1.29, 1.82) is 0 Å². The number of hydrogen-bond acceptors (Lipinski definition) is 4. The molecule has 2 bridgehead atoms. The number of aromatic hydroxyl groups is 2. The van der Waals surface area contributed by atoms with Crippen molar-refractivity contribution >= 4 is 17.9 Å². The van der Waals surface area contributed by atoms with E-state index in [9.17, 15) is 19.8 Å². The number of nitrogens with zero attached hydrogens (tertiary/aromatic N) is 2. The lowest BCUT2D eigenvalue weighted by Gasteiger charge is -2.33. The Kier molecular flexibility index (Phi) is 6.59. The predicted octanol–water partition coefficient (Wildman–Crippen LogP) is 5.11. The quantitative estimate of drug-likeness (QED) is 0.371. The molecule has 1 aromatic rings. The lowest BCUT2D eigenvalue weighted by Crippen LogP contribution is -2.38. The van der Waals surface area contributed by atoms with Crippen molar-refractivity contribution in [3.63, 3.8) is 0 Å². The molecule has 2 heterocycles. The molecule has 0 aromatic carbocycles. The van der Waals surface area contributed by atoms with Gasteiger partial charge in [0.25, 0.3) is 11.8 Å². The average Bonchev–Trinajstić information content (AvgIpc) is 3.60. The van der Waals surface area contributed by atoms with Gasteiger partial charge in [0.05, 0.1) is 0 Å². The van der Waals surface area contributed by atoms with Crippen LogP contribution in [0.15, 0.2) is 24.3 Å². The van der Waals surface area contributed by atoms with Crippen LogP contribution in [0.3, 0.4) is 0 Å². The van der Waals surface area contributed by atoms with Crippen LogP contribution in [0.1, 0.15) is 70.3 Å². The van der Waals surface area contributed by atoms with Gasteiger partial charge in [-0.3, -0.25) is 19.1 Å². The second kappa shape index (κ2) is 9.63. The van der Waals surface area contributed by atoms with E-state index < -0.39 is 0 Å². The predicted molar refractivity (Wildman–Crippen MR) is 131 cm³/mol. The first-order chi connectivity index (χ1) is 16.5. The Balaban J connectivity index is 1.17. The summed E-state index contributed by atoms with van der Waals surface area (Å²) in [6.45, 7) is 3.41. The second-order valence-electron chi connectivity index (χ2n) is 11.1. The summed E-state index contributed by atoms with van der Waals surface area (Å²) in [7, 11) is 0. The van der Waals surface area contributed by atoms with Gasteiger partial charge in [-0.2, -0.15) is 0 Å². The standard InChI is InChI=1S/C28H38N2O4/c1-2-3-4-5-6-7-8-19-15-27(33)30(28(19)34)16-18-11-22-20-13-21(23(14-20)24(22)12-18)17-29-25(31)9-10-26(29)32/h7-10,15,18,20-24,33-34H,2-6,11-14,16-17H2,1H3/b8-7+. The average molecular weight is 467 g/mol. The van der Waals surface area contributed by atoms with Gasteiger partial charge in [0.2, 0.25) is 5.88 Å². The zero-order chi connectivity index (χ0) is 23.8. The molecule has 2 amide bonds. The molecule has 6 atom stereocenters. The fourth-order valence-electron chi connectivity index (χ4n) is 7.54. The van der Waals surface area contributed by atoms with E-state index in [1.54, 1.807) is 10.6 Å². The summed E-state index contributed by atoms with van der Waals surface area (Å²) in [4.78, 5) is 25.4. The molecule has 6 unspecified atom stereocenters. The fraction of sp³-hybridized carbons (Fsp3) is 0.643. The van der Waals surface area contributed by atoms with Crippen molar-refractivity contribution in [3.05, 3.63) is 29.9 Å². The highest BCUT2D eigenvalue weighted by molar-refractivity contribution is 6.12. The molecule has 1 aliphatic heterocycles. The van der Waals surface area contributed by atoms with Crippen LogP contribution in [-0.4, -0.2) is 38.0 Å². The van der Waals surface area contributed by atoms with E-state index in [0.29, 0.717) is 54.2 Å². The Morgan fingerprint density at radius 3 is 2.47 bits per heavy atom. The van der Waals surface area contributed by atoms with E-state index >= 15 is 0 Å². The van der Waals surface area contributed by atoms with Crippen LogP contribution < -0.4 is 0 Å². The van der Waals surface area contributed by atoms with Crippen LogP contribution in [0.5, 0.6) is 11.8 Å². The first-order valence-electron chi connectivity index (χ1n) is 13.3. The Hall–Kier alpha value is -2.50. The summed E-state index contributed by atoms with van der Waals surface area (Å²) in [6.07, 6.45) is 17.2. The summed E-state index contributed by atoms with van der Waals surface area (Å²) >= 11 is 0. The van der Waals surface area contributed by atoms with Crippen LogP contribution in [0.25, 0.3) is 6.08 Å². The molecule has 184 valence electrons. The molecule has 34 heavy (non-hydrogen) atoms. The molecule has 2 N–H and O–H groups in total. The molecule has 3 aliphatic carbocycles. The second-order valence-corrected chi connectivity index (χ2v) is 11.1. The molecule has 3 saturated carbocycles. The van der Waals surface area contributed by atoms with Gasteiger partial charge in [0.1, 0.15) is 0 Å². The Bertz CT molecular complexity index is 975. The van der Waals surface area contributed by atoms with Gasteiger partial charge in [-0.25, -0.2) is 0 Å². The van der Waals surface area contributed by atoms with Crippen molar-refractivity contribution in [2.75, 3.05) is 6.54 Å². The number of imide groups is 1. The third-order valence-corrected chi connectivity index (χ3v) is 9.06. The number of aromatic nitrogens is 1. The maximum Gasteiger partial charge on any atom is 0.253 e. The molecule has 3 fully saturated rings. The highest BCUT2D eigenvalue weighted by Gasteiger charge is 2.56. The molecule has 5 rings (SSSR count). The Labute approximate surface area is 202 Å². The van der Waals surface area contributed by atoms with Gasteiger partial charge in [-0.15, -0.1) is 0 Å². The summed E-state index contributed by atoms with van der Waals surface area (Å²) in [5.74, 6) is 3.43. The molecule has 6 heteroatoms. The Morgan fingerprint density at radius 2 is 1.71 bits per heavy atom. The zero-order valence-corrected chi connectivity index (χ0v) is 20.2. The van der Waals surface area contributed by atoms with E-state index in [0.717, 1.165) is 32.1 Å². The molecule has 1 aromatic heterocycles. The summed E-state index contributed by atoms with van der Waals surface area (Å²) in [5, 5.41) is 21.3. The Morgan fingerprint density at radius 1 is 0.941 bits per heavy atom. The van der Waals surface area contributed by atoms with E-state index in [4.69, 9.17) is 0 Å². The van der Waals surface area contributed by atoms with Crippen molar-refractivity contribution < 1.29 is 19.8 Å². The lowest BCUT2D eigenvalue weighted by atomic mass is 9.75. The number of allylic oxidation sites excluding steroid dienone is 1. The van der Waals surface area contributed by atoms with Gasteiger partial charge >= 0.3 is 0 Å². The molecule has 4 aliphatic rings. The molecule has 0 saturated heterocycles. The van der Waals surface area contributed by atoms with Crippen LogP contribution in [0, 0.1) is 35.5 Å². The number of fused-ring (bicyclic) bond motifs is 5. The third-order valence-electron chi connectivity index (χ3n) is 9.06. The maximum atomic E-state index is 12.0. The van der Waals surface area contributed by atoms with Crippen molar-refractivity contribution in [2.45, 2.75) is 71.3 Å². The first kappa shape index (κ1) is 23.3. The van der Waals surface area contributed by atoms with E-state index in [1.165, 1.54) is 42.7 Å². The van der Waals surface area contributed by atoms with Crippen LogP contribution in [0.4, 0.5) is 0 Å². The van der Waals surface area contributed by atoms with E-state index in [2.05, 4.69) is 13.0 Å². The zero-order valence-electron chi connectivity index (χ0n) is 20.2. The number of carbonyl (C=O) groups is 2. The van der Waals surface area contributed by atoms with Gasteiger partial charge in [-0.1, -0.05) is 38.3 Å². The largest absolute Gasteiger partial charge is 0.494 e. The van der Waals surface area contributed by atoms with E-state index in [-0.39, 0.29) is 23.6 Å². The smallest absolute Gasteiger partial charge is 0.253 e. The summed E-state index contributed by atoms with van der Waals surface area (Å²) in [6, 6.07) is 1.67. The minimum absolute atomic E-state index is 0.139. The summed E-state index contributed by atoms with van der Waals surface area (Å²) in [5.41, 5.74) is 0.694. The lowest BCUT2D eigenvalue weighted by molar-refractivity contribution is -0.138. The maximum absolute atomic E-state index is 12.0. The minimum Gasteiger partial charge on any atom is -0.494 e. The van der Waals surface area contributed by atoms with E-state index in [1.807, 2.05) is 6.08 Å². The topological polar surface area (TPSA) is 82.8 Å².